The SMILES string of the molecule is CCc1cccc(CC)c1N=Cc1ccc2ccc3cccnc3c2n1.[Cl-].[Cl-].[Fe+2]. The Morgan fingerprint density at radius 2 is 1.41 bits per heavy atom. The second-order valence-electron chi connectivity index (χ2n) is 6.34. The molecule has 2 heterocycles. The molecule has 0 amide bonds. The number of benzene rings is 2. The molecule has 0 aliphatic carbocycles. The monoisotopic (exact) mass is 465 g/mol. The van der Waals surface area contributed by atoms with Crippen molar-refractivity contribution in [3.63, 3.8) is 0 Å². The Kier molecular flexibility index (Phi) is 9.75. The first-order valence-electron chi connectivity index (χ1n) is 9.09. The summed E-state index contributed by atoms with van der Waals surface area (Å²) in [4.78, 5) is 14.1. The van der Waals surface area contributed by atoms with E-state index in [4.69, 9.17) is 9.98 Å². The third-order valence-electron chi connectivity index (χ3n) is 4.74. The number of halogens is 2. The normalized spacial score (nSPS) is 10.4. The van der Waals surface area contributed by atoms with Crippen LogP contribution in [0.15, 0.2) is 65.8 Å². The summed E-state index contributed by atoms with van der Waals surface area (Å²) in [5.74, 6) is 0. The number of pyridine rings is 2. The van der Waals surface area contributed by atoms with Crippen molar-refractivity contribution >= 4 is 33.7 Å². The Morgan fingerprint density at radius 3 is 2.07 bits per heavy atom. The van der Waals surface area contributed by atoms with E-state index in [9.17, 15) is 0 Å². The molecule has 29 heavy (non-hydrogen) atoms. The smallest absolute Gasteiger partial charge is 1.00 e. The van der Waals surface area contributed by atoms with Gasteiger partial charge in [0.1, 0.15) is 0 Å². The Balaban J connectivity index is 0.00000140. The van der Waals surface area contributed by atoms with Gasteiger partial charge in [-0.15, -0.1) is 0 Å². The summed E-state index contributed by atoms with van der Waals surface area (Å²) < 4.78 is 0. The number of aromatic nitrogens is 2. The standard InChI is InChI=1S/C23H21N3.2ClH.Fe/c1-3-16-7-5-8-17(4-2)21(16)25-15-20-13-12-19-11-10-18-9-6-14-24-22(18)23(19)26-20;;;/h5-15H,3-4H2,1-2H3;2*1H;/q;;;+2/p-2. The van der Waals surface area contributed by atoms with Crippen LogP contribution in [0.5, 0.6) is 0 Å². The summed E-state index contributed by atoms with van der Waals surface area (Å²) in [5, 5.41) is 2.20. The van der Waals surface area contributed by atoms with Crippen LogP contribution in [0.4, 0.5) is 5.69 Å². The van der Waals surface area contributed by atoms with Gasteiger partial charge in [0.15, 0.2) is 0 Å². The van der Waals surface area contributed by atoms with Gasteiger partial charge in [0, 0.05) is 17.0 Å². The van der Waals surface area contributed by atoms with Crippen molar-refractivity contribution in [3.8, 4) is 0 Å². The summed E-state index contributed by atoms with van der Waals surface area (Å²) in [7, 11) is 0. The molecule has 4 rings (SSSR count). The van der Waals surface area contributed by atoms with Crippen molar-refractivity contribution in [1.82, 2.24) is 9.97 Å². The van der Waals surface area contributed by atoms with Crippen molar-refractivity contribution in [3.05, 3.63) is 77.6 Å². The predicted molar refractivity (Wildman–Crippen MR) is 109 cm³/mol. The summed E-state index contributed by atoms with van der Waals surface area (Å²) >= 11 is 0. The van der Waals surface area contributed by atoms with E-state index in [1.807, 2.05) is 24.5 Å². The van der Waals surface area contributed by atoms with E-state index in [1.165, 1.54) is 11.1 Å². The van der Waals surface area contributed by atoms with Crippen molar-refractivity contribution in [2.24, 2.45) is 4.99 Å². The third-order valence-corrected chi connectivity index (χ3v) is 4.74. The first-order chi connectivity index (χ1) is 12.8. The molecule has 150 valence electrons. The van der Waals surface area contributed by atoms with Crippen LogP contribution in [0, 0.1) is 0 Å². The molecule has 0 saturated carbocycles. The van der Waals surface area contributed by atoms with Crippen LogP contribution in [-0.2, 0) is 29.9 Å². The summed E-state index contributed by atoms with van der Waals surface area (Å²) in [5.41, 5.74) is 6.33. The Labute approximate surface area is 194 Å². The van der Waals surface area contributed by atoms with Crippen molar-refractivity contribution in [1.29, 1.82) is 0 Å². The zero-order valence-corrected chi connectivity index (χ0v) is 18.8. The zero-order chi connectivity index (χ0) is 17.9. The number of hydrogen-bond acceptors (Lipinski definition) is 3. The fourth-order valence-electron chi connectivity index (χ4n) is 3.32. The maximum atomic E-state index is 4.82. The first-order valence-corrected chi connectivity index (χ1v) is 9.09. The molecule has 2 aromatic carbocycles. The van der Waals surface area contributed by atoms with E-state index in [1.54, 1.807) is 0 Å². The fraction of sp³-hybridized carbons (Fsp3) is 0.174. The number of para-hydroxylation sites is 1. The van der Waals surface area contributed by atoms with Gasteiger partial charge in [-0.1, -0.05) is 56.3 Å². The fourth-order valence-corrected chi connectivity index (χ4v) is 3.32. The molecule has 0 atom stereocenters. The maximum absolute atomic E-state index is 4.82. The number of fused-ring (bicyclic) bond motifs is 3. The minimum atomic E-state index is 0. The van der Waals surface area contributed by atoms with Crippen LogP contribution < -0.4 is 24.8 Å². The van der Waals surface area contributed by atoms with Gasteiger partial charge in [0.05, 0.1) is 28.6 Å². The van der Waals surface area contributed by atoms with Crippen LogP contribution in [0.1, 0.15) is 30.7 Å². The van der Waals surface area contributed by atoms with Crippen LogP contribution in [-0.4, -0.2) is 16.2 Å². The van der Waals surface area contributed by atoms with E-state index in [-0.39, 0.29) is 41.9 Å². The molecule has 0 bridgehead atoms. The average Bonchev–Trinajstić information content (AvgIpc) is 2.71. The minimum absolute atomic E-state index is 0. The molecule has 0 spiro atoms. The maximum Gasteiger partial charge on any atom is 2.00 e. The summed E-state index contributed by atoms with van der Waals surface area (Å²) in [6.45, 7) is 4.33. The van der Waals surface area contributed by atoms with E-state index >= 15 is 0 Å². The molecule has 0 aliphatic rings. The van der Waals surface area contributed by atoms with E-state index in [2.05, 4.69) is 61.3 Å². The molecule has 6 heteroatoms. The first kappa shape index (κ1) is 25.1. The number of nitrogens with zero attached hydrogens (tertiary/aromatic N) is 3. The van der Waals surface area contributed by atoms with Gasteiger partial charge in [-0.2, -0.15) is 0 Å². The molecule has 0 fully saturated rings. The van der Waals surface area contributed by atoms with Gasteiger partial charge >= 0.3 is 17.1 Å². The zero-order valence-electron chi connectivity index (χ0n) is 16.2. The van der Waals surface area contributed by atoms with Crippen LogP contribution in [0.3, 0.4) is 0 Å². The second kappa shape index (κ2) is 11.3. The van der Waals surface area contributed by atoms with Crippen molar-refractivity contribution < 1.29 is 41.9 Å². The van der Waals surface area contributed by atoms with Gasteiger partial charge in [0.2, 0.25) is 0 Å². The van der Waals surface area contributed by atoms with E-state index in [0.29, 0.717) is 0 Å². The Morgan fingerprint density at radius 1 is 0.793 bits per heavy atom. The molecule has 0 N–H and O–H groups in total. The van der Waals surface area contributed by atoms with E-state index < -0.39 is 0 Å². The van der Waals surface area contributed by atoms with Gasteiger partial charge in [-0.3, -0.25) is 9.98 Å². The molecule has 0 aliphatic heterocycles. The van der Waals surface area contributed by atoms with Gasteiger partial charge < -0.3 is 24.8 Å². The van der Waals surface area contributed by atoms with Crippen molar-refractivity contribution in [2.75, 3.05) is 0 Å². The van der Waals surface area contributed by atoms with Crippen LogP contribution in [0.25, 0.3) is 21.8 Å². The van der Waals surface area contributed by atoms with Gasteiger partial charge in [-0.25, -0.2) is 4.98 Å². The molecule has 3 nitrogen and oxygen atoms in total. The minimum Gasteiger partial charge on any atom is -1.00 e. The Bertz CT molecular complexity index is 1110. The number of rotatable bonds is 4. The van der Waals surface area contributed by atoms with Crippen LogP contribution >= 0.6 is 0 Å². The number of hydrogen-bond donors (Lipinski definition) is 0. The average molecular weight is 466 g/mol. The largest absolute Gasteiger partial charge is 2.00 e. The third kappa shape index (κ3) is 5.15. The second-order valence-corrected chi connectivity index (χ2v) is 6.34. The number of aryl methyl sites for hydroxylation is 2. The molecule has 0 radical (unpaired) electrons. The van der Waals surface area contributed by atoms with Crippen LogP contribution in [0.2, 0.25) is 0 Å². The van der Waals surface area contributed by atoms with Gasteiger partial charge in [-0.05, 0) is 36.1 Å². The summed E-state index contributed by atoms with van der Waals surface area (Å²) in [6, 6.07) is 18.7. The molecule has 0 saturated heterocycles. The van der Waals surface area contributed by atoms with E-state index in [0.717, 1.165) is 46.0 Å². The molecule has 0 unspecified atom stereocenters. The molecular formula is C23H21Cl2FeN3. The predicted octanol–water partition coefficient (Wildman–Crippen LogP) is -0.336. The summed E-state index contributed by atoms with van der Waals surface area (Å²) in [6.07, 6.45) is 5.63. The number of aliphatic imine (C=N–C) groups is 1. The molecular weight excluding hydrogens is 445 g/mol. The quantitative estimate of drug-likeness (QED) is 0.235. The Hall–Kier alpha value is -1.97. The van der Waals surface area contributed by atoms with Crippen molar-refractivity contribution in [2.45, 2.75) is 26.7 Å². The molecule has 4 aromatic rings. The van der Waals surface area contributed by atoms with Gasteiger partial charge in [0.25, 0.3) is 0 Å². The topological polar surface area (TPSA) is 38.1 Å². The molecule has 2 aromatic heterocycles.